The highest BCUT2D eigenvalue weighted by molar-refractivity contribution is 7.82. The third-order valence-electron chi connectivity index (χ3n) is 9.37. The van der Waals surface area contributed by atoms with Crippen LogP contribution < -0.4 is 13.6 Å². The molecule has 2 aromatic carbocycles. The lowest BCUT2D eigenvalue weighted by Gasteiger charge is -2.37. The number of unbranched alkanes of at least 4 members (excludes halogenated alkanes) is 5. The molecule has 2 aromatic heterocycles. The molecule has 4 aromatic rings. The highest BCUT2D eigenvalue weighted by Gasteiger charge is 2.35. The second kappa shape index (κ2) is 16.4. The van der Waals surface area contributed by atoms with Crippen molar-refractivity contribution >= 4 is 34.3 Å². The van der Waals surface area contributed by atoms with Crippen LogP contribution in [0.4, 0.5) is 11.4 Å². The third kappa shape index (κ3) is 8.84. The molecule has 0 amide bonds. The minimum Gasteiger partial charge on any atom is -0.490 e. The molecule has 0 saturated heterocycles. The highest BCUT2D eigenvalue weighted by atomic mass is 32.2. The van der Waals surface area contributed by atoms with Gasteiger partial charge in [0.15, 0.2) is 23.0 Å². The lowest BCUT2D eigenvalue weighted by Crippen LogP contribution is -2.37. The van der Waals surface area contributed by atoms with Crippen molar-refractivity contribution in [2.45, 2.75) is 99.0 Å². The van der Waals surface area contributed by atoms with Crippen molar-refractivity contribution in [3.8, 4) is 22.9 Å². The third-order valence-corrected chi connectivity index (χ3v) is 10.1. The predicted octanol–water partition coefficient (Wildman–Crippen LogP) is 9.53. The summed E-state index contributed by atoms with van der Waals surface area (Å²) in [5, 5.41) is 3.18. The maximum Gasteiger partial charge on any atom is 0.331 e. The predicted molar refractivity (Wildman–Crippen MR) is 194 cm³/mol. The Hall–Kier alpha value is -4.30. The van der Waals surface area contributed by atoms with E-state index in [9.17, 15) is 9.00 Å². The molecule has 10 nitrogen and oxygen atoms in total. The number of aromatic nitrogens is 3. The van der Waals surface area contributed by atoms with E-state index in [1.807, 2.05) is 50.2 Å². The Labute approximate surface area is 292 Å². The lowest BCUT2D eigenvalue weighted by molar-refractivity contribution is -0.0249. The SMILES string of the molecule is [C-]#[N+]c1cn2[nH]c(-c3ccc(C)c(NS(=O)Oc4cc(C)ccc4OCCCCCCCC)c3)nc2c1C(=O)OC1C(C)CC(C)CC1C. The fourth-order valence-electron chi connectivity index (χ4n) is 6.88. The minimum atomic E-state index is -1.92. The quantitative estimate of drug-likeness (QED) is 0.0732. The number of anilines is 1. The Morgan fingerprint density at radius 3 is 2.51 bits per heavy atom. The summed E-state index contributed by atoms with van der Waals surface area (Å²) in [4.78, 5) is 21.8. The Kier molecular flexibility index (Phi) is 12.0. The first-order valence-corrected chi connectivity index (χ1v) is 18.6. The molecule has 0 spiro atoms. The van der Waals surface area contributed by atoms with Crippen molar-refractivity contribution in [3.05, 3.63) is 70.7 Å². The number of hydrogen-bond acceptors (Lipinski definition) is 6. The van der Waals surface area contributed by atoms with Crippen LogP contribution in [-0.4, -0.2) is 37.5 Å². The number of aromatic amines is 1. The number of hydrogen-bond donors (Lipinski definition) is 2. The molecular weight excluding hydrogens is 639 g/mol. The summed E-state index contributed by atoms with van der Waals surface area (Å²) in [7, 11) is 0. The fourth-order valence-corrected chi connectivity index (χ4v) is 7.61. The van der Waals surface area contributed by atoms with E-state index in [0.717, 1.165) is 36.8 Å². The molecule has 0 bridgehead atoms. The monoisotopic (exact) mass is 687 g/mol. The molecule has 3 unspecified atom stereocenters. The first-order chi connectivity index (χ1) is 23.6. The molecule has 0 radical (unpaired) electrons. The van der Waals surface area contributed by atoms with Gasteiger partial charge in [0.05, 0.1) is 18.9 Å². The van der Waals surface area contributed by atoms with Crippen molar-refractivity contribution in [2.24, 2.45) is 17.8 Å². The maximum absolute atomic E-state index is 13.5. The molecule has 0 aliphatic heterocycles. The number of esters is 1. The van der Waals surface area contributed by atoms with Crippen LogP contribution in [0.1, 0.15) is 101 Å². The molecule has 5 rings (SSSR count). The molecule has 1 aliphatic carbocycles. The normalized spacial score (nSPS) is 19.7. The average Bonchev–Trinajstić information content (AvgIpc) is 3.62. The van der Waals surface area contributed by atoms with Gasteiger partial charge in [0, 0.05) is 11.8 Å². The van der Waals surface area contributed by atoms with E-state index >= 15 is 0 Å². The van der Waals surface area contributed by atoms with E-state index in [-0.39, 0.29) is 29.2 Å². The Morgan fingerprint density at radius 2 is 1.78 bits per heavy atom. The van der Waals surface area contributed by atoms with Gasteiger partial charge in [-0.3, -0.25) is 14.3 Å². The van der Waals surface area contributed by atoms with Gasteiger partial charge >= 0.3 is 17.2 Å². The van der Waals surface area contributed by atoms with Crippen LogP contribution >= 0.6 is 0 Å². The summed E-state index contributed by atoms with van der Waals surface area (Å²) in [6, 6.07) is 11.2. The maximum atomic E-state index is 13.5. The highest BCUT2D eigenvalue weighted by Crippen LogP contribution is 2.37. The standard InChI is InChI=1S/C38H49N5O5S/c1-8-9-10-11-12-13-18-46-32-17-14-24(2)21-33(32)48-49(45)42-30-22-29(16-15-26(30)4)36-40-37-34(31(39-7)23-43(37)41-36)38(44)47-35-27(5)19-25(3)20-28(35)6/h14-17,21-23,25,27-28,35,42H,8-13,18-20H2,1-6H3,(H,40,41). The van der Waals surface area contributed by atoms with E-state index in [4.69, 9.17) is 25.2 Å². The number of nitrogens with zero attached hydrogens (tertiary/aromatic N) is 3. The molecule has 2 heterocycles. The lowest BCUT2D eigenvalue weighted by atomic mass is 9.75. The van der Waals surface area contributed by atoms with Gasteiger partial charge in [-0.2, -0.15) is 4.21 Å². The minimum absolute atomic E-state index is 0.156. The van der Waals surface area contributed by atoms with Gasteiger partial charge in [-0.25, -0.2) is 14.6 Å². The van der Waals surface area contributed by atoms with E-state index in [1.54, 1.807) is 10.7 Å². The number of benzene rings is 2. The van der Waals surface area contributed by atoms with Crippen LogP contribution in [-0.2, 0) is 16.0 Å². The second-order valence-electron chi connectivity index (χ2n) is 13.7. The first kappa shape index (κ1) is 36.0. The number of carbonyl (C=O) groups excluding carboxylic acids is 1. The number of nitrogens with one attached hydrogen (secondary N) is 2. The smallest absolute Gasteiger partial charge is 0.331 e. The fraction of sp³-hybridized carbons (Fsp3) is 0.500. The van der Waals surface area contributed by atoms with Crippen molar-refractivity contribution in [2.75, 3.05) is 11.3 Å². The summed E-state index contributed by atoms with van der Waals surface area (Å²) in [5.74, 6) is 1.96. The Balaban J connectivity index is 1.29. The number of aryl methyl sites for hydroxylation is 2. The summed E-state index contributed by atoms with van der Waals surface area (Å²) in [6.07, 6.45) is 10.3. The Bertz CT molecular complexity index is 1810. The Morgan fingerprint density at radius 1 is 1.04 bits per heavy atom. The second-order valence-corrected chi connectivity index (χ2v) is 14.5. The number of carbonyl (C=O) groups is 1. The van der Waals surface area contributed by atoms with Crippen molar-refractivity contribution in [1.82, 2.24) is 14.6 Å². The van der Waals surface area contributed by atoms with Crippen molar-refractivity contribution in [1.29, 1.82) is 0 Å². The molecule has 11 heteroatoms. The molecular formula is C38H49N5O5S. The number of H-pyrrole nitrogens is 1. The number of ether oxygens (including phenoxy) is 2. The summed E-state index contributed by atoms with van der Waals surface area (Å²) >= 11 is -1.92. The van der Waals surface area contributed by atoms with Gasteiger partial charge in [-0.15, -0.1) is 0 Å². The number of rotatable bonds is 15. The van der Waals surface area contributed by atoms with Crippen LogP contribution in [0.25, 0.3) is 21.9 Å². The molecule has 262 valence electrons. The van der Waals surface area contributed by atoms with Gasteiger partial charge in [-0.05, 0) is 80.2 Å². The summed E-state index contributed by atoms with van der Waals surface area (Å²) < 4.78 is 35.7. The van der Waals surface area contributed by atoms with Crippen molar-refractivity contribution < 1.29 is 22.7 Å². The van der Waals surface area contributed by atoms with Gasteiger partial charge in [0.25, 0.3) is 0 Å². The summed E-state index contributed by atoms with van der Waals surface area (Å²) in [5.41, 5.74) is 3.77. The zero-order valence-electron chi connectivity index (χ0n) is 29.5. The molecule has 49 heavy (non-hydrogen) atoms. The molecule has 3 atom stereocenters. The largest absolute Gasteiger partial charge is 0.490 e. The van der Waals surface area contributed by atoms with Crippen LogP contribution in [0.3, 0.4) is 0 Å². The van der Waals surface area contributed by atoms with Crippen LogP contribution in [0, 0.1) is 38.2 Å². The van der Waals surface area contributed by atoms with Gasteiger partial charge in [0.2, 0.25) is 5.69 Å². The first-order valence-electron chi connectivity index (χ1n) is 17.5. The number of fused-ring (bicyclic) bond motifs is 1. The van der Waals surface area contributed by atoms with E-state index in [2.05, 4.69) is 42.4 Å². The molecule has 1 saturated carbocycles. The molecule has 2 N–H and O–H groups in total. The van der Waals surface area contributed by atoms with Crippen LogP contribution in [0.15, 0.2) is 42.6 Å². The zero-order chi connectivity index (χ0) is 35.1. The van der Waals surface area contributed by atoms with Crippen molar-refractivity contribution in [3.63, 3.8) is 0 Å². The van der Waals surface area contributed by atoms with Gasteiger partial charge in [0.1, 0.15) is 11.7 Å². The van der Waals surface area contributed by atoms with E-state index < -0.39 is 17.2 Å². The zero-order valence-corrected chi connectivity index (χ0v) is 30.3. The average molecular weight is 688 g/mol. The summed E-state index contributed by atoms with van der Waals surface area (Å²) in [6.45, 7) is 20.8. The topological polar surface area (TPSA) is 111 Å². The molecule has 1 aliphatic rings. The van der Waals surface area contributed by atoms with Crippen LogP contribution in [0.5, 0.6) is 11.5 Å². The molecule has 1 fully saturated rings. The van der Waals surface area contributed by atoms with E-state index in [0.29, 0.717) is 46.7 Å². The van der Waals surface area contributed by atoms with Crippen LogP contribution in [0.2, 0.25) is 0 Å². The van der Waals surface area contributed by atoms with Gasteiger partial charge < -0.3 is 13.7 Å². The van der Waals surface area contributed by atoms with E-state index in [1.165, 1.54) is 25.7 Å². The van der Waals surface area contributed by atoms with Gasteiger partial charge in [-0.1, -0.05) is 78.0 Å².